The molecule has 4 aromatic heterocycles. The molecule has 0 bridgehead atoms. The number of amides is 1. The zero-order valence-electron chi connectivity index (χ0n) is 30.8. The molecule has 0 aliphatic carbocycles. The number of carboxylic acids is 1. The highest BCUT2D eigenvalue weighted by molar-refractivity contribution is 7.19. The molecule has 0 spiro atoms. The van der Waals surface area contributed by atoms with Gasteiger partial charge in [0.05, 0.1) is 53.6 Å². The quantitative estimate of drug-likeness (QED) is 0.0837. The van der Waals surface area contributed by atoms with Crippen molar-refractivity contribution in [2.24, 2.45) is 0 Å². The number of aliphatic carboxylic acids is 1. The fraction of sp³-hybridized carbons (Fsp3) is 0.263. The standard InChI is InChI=1S/C19H18Cl2N4O2S.C12H8Cl2N4S.C7H12O3/c1-12(26)5-2-3-8-17(27)24-19-22-11-16(28-19)15-9-10-23-25(15)18-13(20)6-4-7-14(18)21;13-7-2-1-3-8(14)11(7)18-9(4-5-17-18)10-6-16-12(15)19-10;1-6(8)4-2-3-5-7(9)10/h4,6-7,9-11H,2-3,5,8H2,1H3,(H,22,24,27);1-6H,(H2,15,16);2-5H2,1H3,(H,9,10). The number of halogens is 4. The molecule has 4 heterocycles. The molecule has 0 saturated heterocycles. The lowest BCUT2D eigenvalue weighted by atomic mass is 10.1. The van der Waals surface area contributed by atoms with Crippen LogP contribution in [0, 0.1) is 0 Å². The van der Waals surface area contributed by atoms with Gasteiger partial charge in [-0.2, -0.15) is 10.2 Å². The van der Waals surface area contributed by atoms with Gasteiger partial charge >= 0.3 is 5.97 Å². The van der Waals surface area contributed by atoms with Crippen LogP contribution in [-0.2, 0) is 19.2 Å². The Bertz CT molecular complexity index is 2250. The predicted molar refractivity (Wildman–Crippen MR) is 228 cm³/mol. The van der Waals surface area contributed by atoms with E-state index in [0.29, 0.717) is 86.7 Å². The third-order valence-electron chi connectivity index (χ3n) is 7.72. The van der Waals surface area contributed by atoms with E-state index in [-0.39, 0.29) is 23.9 Å². The van der Waals surface area contributed by atoms with Gasteiger partial charge in [0.25, 0.3) is 0 Å². The molecule has 0 unspecified atom stereocenters. The molecule has 4 N–H and O–H groups in total. The Morgan fingerprint density at radius 3 is 1.54 bits per heavy atom. The Labute approximate surface area is 356 Å². The van der Waals surface area contributed by atoms with Gasteiger partial charge in [0.2, 0.25) is 5.91 Å². The number of anilines is 2. The number of hydrogen-bond acceptors (Lipinski definition) is 11. The van der Waals surface area contributed by atoms with Gasteiger partial charge in [-0.3, -0.25) is 9.59 Å². The number of aromatic nitrogens is 6. The fourth-order valence-corrected chi connectivity index (χ4v) is 7.72. The average Bonchev–Trinajstić information content (AvgIpc) is 3.98. The molecule has 0 aliphatic rings. The van der Waals surface area contributed by atoms with Crippen LogP contribution in [0.1, 0.15) is 65.2 Å². The lowest BCUT2D eigenvalue weighted by Gasteiger charge is -2.09. The predicted octanol–water partition coefficient (Wildman–Crippen LogP) is 10.5. The molecule has 19 heteroatoms. The maximum absolute atomic E-state index is 12.0. The number of benzene rings is 2. The maximum Gasteiger partial charge on any atom is 0.303 e. The van der Waals surface area contributed by atoms with Crippen molar-refractivity contribution in [3.63, 3.8) is 0 Å². The van der Waals surface area contributed by atoms with Crippen molar-refractivity contribution in [3.05, 3.63) is 93.4 Å². The molecule has 57 heavy (non-hydrogen) atoms. The molecule has 6 aromatic rings. The topological polar surface area (TPSA) is 188 Å². The van der Waals surface area contributed by atoms with Crippen LogP contribution in [0.15, 0.2) is 73.3 Å². The van der Waals surface area contributed by atoms with Gasteiger partial charge in [-0.05, 0) is 75.9 Å². The number of para-hydroxylation sites is 2. The zero-order valence-corrected chi connectivity index (χ0v) is 35.4. The first-order valence-corrected chi connectivity index (χ1v) is 20.5. The van der Waals surface area contributed by atoms with Gasteiger partial charge < -0.3 is 25.7 Å². The number of carbonyl (C=O) groups is 4. The van der Waals surface area contributed by atoms with Crippen LogP contribution in [0.25, 0.3) is 32.5 Å². The first-order chi connectivity index (χ1) is 27.2. The van der Waals surface area contributed by atoms with E-state index in [0.717, 1.165) is 21.1 Å². The van der Waals surface area contributed by atoms with Gasteiger partial charge in [0, 0.05) is 38.1 Å². The van der Waals surface area contributed by atoms with Crippen molar-refractivity contribution < 1.29 is 24.3 Å². The summed E-state index contributed by atoms with van der Waals surface area (Å²) in [6.07, 6.45) is 10.9. The van der Waals surface area contributed by atoms with Crippen molar-refractivity contribution in [1.29, 1.82) is 0 Å². The van der Waals surface area contributed by atoms with Crippen LogP contribution in [-0.4, -0.2) is 58.1 Å². The fourth-order valence-electron chi connectivity index (χ4n) is 5.07. The second-order valence-corrected chi connectivity index (χ2v) is 16.0. The van der Waals surface area contributed by atoms with E-state index in [1.165, 1.54) is 29.6 Å². The molecule has 13 nitrogen and oxygen atoms in total. The van der Waals surface area contributed by atoms with E-state index in [4.69, 9.17) is 57.2 Å². The van der Waals surface area contributed by atoms with E-state index < -0.39 is 5.97 Å². The number of thiazole rings is 2. The third-order valence-corrected chi connectivity index (χ3v) is 10.7. The number of hydrogen-bond donors (Lipinski definition) is 3. The largest absolute Gasteiger partial charge is 0.481 e. The first kappa shape index (κ1) is 45.1. The van der Waals surface area contributed by atoms with Gasteiger partial charge in [-0.1, -0.05) is 81.2 Å². The number of Topliss-reactive ketones (excluding diaryl/α,β-unsaturated/α-hetero) is 2. The van der Waals surface area contributed by atoms with Crippen LogP contribution in [0.2, 0.25) is 20.1 Å². The summed E-state index contributed by atoms with van der Waals surface area (Å²) >= 11 is 27.7. The van der Waals surface area contributed by atoms with Crippen LogP contribution >= 0.6 is 69.1 Å². The van der Waals surface area contributed by atoms with Gasteiger partial charge in [-0.15, -0.1) is 0 Å². The number of nitrogen functional groups attached to an aromatic ring is 1. The number of ketones is 2. The molecule has 300 valence electrons. The molecule has 0 atom stereocenters. The summed E-state index contributed by atoms with van der Waals surface area (Å²) in [5, 5.41) is 22.7. The Kier molecular flexibility index (Phi) is 17.7. The van der Waals surface area contributed by atoms with Gasteiger partial charge in [0.1, 0.15) is 22.9 Å². The zero-order chi connectivity index (χ0) is 41.5. The summed E-state index contributed by atoms with van der Waals surface area (Å²) in [5.41, 5.74) is 8.53. The highest BCUT2D eigenvalue weighted by Crippen LogP contribution is 2.36. The summed E-state index contributed by atoms with van der Waals surface area (Å²) in [6.45, 7) is 3.07. The van der Waals surface area contributed by atoms with Crippen LogP contribution in [0.4, 0.5) is 10.3 Å². The van der Waals surface area contributed by atoms with E-state index in [1.807, 2.05) is 12.1 Å². The van der Waals surface area contributed by atoms with Crippen LogP contribution in [0.5, 0.6) is 0 Å². The number of nitrogens with zero attached hydrogens (tertiary/aromatic N) is 6. The van der Waals surface area contributed by atoms with E-state index >= 15 is 0 Å². The molecular weight excluding hydrogens is 854 g/mol. The Hall–Kier alpha value is -4.64. The second-order valence-electron chi connectivity index (χ2n) is 12.2. The summed E-state index contributed by atoms with van der Waals surface area (Å²) < 4.78 is 3.35. The van der Waals surface area contributed by atoms with Crippen molar-refractivity contribution in [3.8, 4) is 32.5 Å². The van der Waals surface area contributed by atoms with Crippen molar-refractivity contribution >= 4 is 103 Å². The summed E-state index contributed by atoms with van der Waals surface area (Å²) in [6, 6.07) is 14.3. The lowest BCUT2D eigenvalue weighted by molar-refractivity contribution is -0.137. The number of nitrogens with one attached hydrogen (secondary N) is 1. The number of unbranched alkanes of at least 4 members (excludes halogenated alkanes) is 2. The Balaban J connectivity index is 0.000000213. The summed E-state index contributed by atoms with van der Waals surface area (Å²) in [5.74, 6) is -0.638. The van der Waals surface area contributed by atoms with Crippen LogP contribution < -0.4 is 11.1 Å². The van der Waals surface area contributed by atoms with E-state index in [2.05, 4.69) is 25.5 Å². The van der Waals surface area contributed by atoms with Crippen molar-refractivity contribution in [2.45, 2.75) is 65.2 Å². The molecule has 0 saturated carbocycles. The number of carbonyl (C=O) groups excluding carboxylic acids is 3. The second kappa shape index (κ2) is 22.3. The lowest BCUT2D eigenvalue weighted by Crippen LogP contribution is -2.10. The number of rotatable bonds is 15. The van der Waals surface area contributed by atoms with Gasteiger partial charge in [-0.25, -0.2) is 19.3 Å². The van der Waals surface area contributed by atoms with Gasteiger partial charge in [0.15, 0.2) is 10.3 Å². The highest BCUT2D eigenvalue weighted by Gasteiger charge is 2.17. The van der Waals surface area contributed by atoms with E-state index in [9.17, 15) is 19.2 Å². The molecule has 1 amide bonds. The monoisotopic (exact) mass is 890 g/mol. The minimum absolute atomic E-state index is 0.118. The molecule has 0 aliphatic heterocycles. The molecular formula is C38H38Cl4N8O5S2. The number of carboxylic acid groups (broad SMARTS) is 1. The van der Waals surface area contributed by atoms with Crippen LogP contribution in [0.3, 0.4) is 0 Å². The summed E-state index contributed by atoms with van der Waals surface area (Å²) in [7, 11) is 0. The summed E-state index contributed by atoms with van der Waals surface area (Å²) in [4.78, 5) is 53.3. The normalized spacial score (nSPS) is 10.6. The molecule has 6 rings (SSSR count). The first-order valence-electron chi connectivity index (χ1n) is 17.4. The minimum Gasteiger partial charge on any atom is -0.481 e. The average molecular weight is 893 g/mol. The van der Waals surface area contributed by atoms with Crippen molar-refractivity contribution in [1.82, 2.24) is 29.5 Å². The number of nitrogens with two attached hydrogens (primary N) is 1. The smallest absolute Gasteiger partial charge is 0.303 e. The Morgan fingerprint density at radius 2 is 1.11 bits per heavy atom. The molecule has 2 aromatic carbocycles. The SMILES string of the molecule is CC(=O)CCCCC(=O)Nc1ncc(-c2ccnn2-c2c(Cl)cccc2Cl)s1.CC(=O)CCCCC(=O)O.Nc1ncc(-c2ccnn2-c2c(Cl)cccc2Cl)s1. The minimum atomic E-state index is -0.788. The third kappa shape index (κ3) is 13.8. The maximum atomic E-state index is 12.0. The Morgan fingerprint density at radius 1 is 0.667 bits per heavy atom. The highest BCUT2D eigenvalue weighted by atomic mass is 35.5. The van der Waals surface area contributed by atoms with E-state index in [1.54, 1.807) is 77.5 Å². The molecule has 0 fully saturated rings. The van der Waals surface area contributed by atoms with Crippen molar-refractivity contribution in [2.75, 3.05) is 11.1 Å². The molecule has 0 radical (unpaired) electrons.